The summed E-state index contributed by atoms with van der Waals surface area (Å²) >= 11 is 0. The van der Waals surface area contributed by atoms with Crippen molar-refractivity contribution in [2.45, 2.75) is 31.6 Å². The Morgan fingerprint density at radius 2 is 2.25 bits per heavy atom. The van der Waals surface area contributed by atoms with E-state index in [1.54, 1.807) is 13.2 Å². The molecule has 0 aromatic carbocycles. The van der Waals surface area contributed by atoms with Crippen LogP contribution in [0.15, 0.2) is 23.0 Å². The van der Waals surface area contributed by atoms with E-state index in [0.29, 0.717) is 0 Å². The second-order valence-corrected chi connectivity index (χ2v) is 4.34. The zero-order valence-corrected chi connectivity index (χ0v) is 10.0. The highest BCUT2D eigenvalue weighted by Crippen LogP contribution is 2.38. The Morgan fingerprint density at radius 1 is 1.50 bits per heavy atom. The van der Waals surface area contributed by atoms with Crippen molar-refractivity contribution >= 4 is 0 Å². The normalized spacial score (nSPS) is 34.5. The third-order valence-corrected chi connectivity index (χ3v) is 3.39. The molecular formula is C12H19NO3. The summed E-state index contributed by atoms with van der Waals surface area (Å²) in [7, 11) is 3.14. The van der Waals surface area contributed by atoms with Gasteiger partial charge in [-0.25, -0.2) is 0 Å². The van der Waals surface area contributed by atoms with Crippen LogP contribution in [0.2, 0.25) is 0 Å². The van der Waals surface area contributed by atoms with Crippen molar-refractivity contribution in [2.75, 3.05) is 20.8 Å². The van der Waals surface area contributed by atoms with Gasteiger partial charge in [-0.3, -0.25) is 0 Å². The predicted molar refractivity (Wildman–Crippen MR) is 60.8 cm³/mol. The molecule has 0 spiro atoms. The first-order valence-electron chi connectivity index (χ1n) is 5.59. The van der Waals surface area contributed by atoms with Crippen LogP contribution in [0, 0.1) is 0 Å². The number of aliphatic hydroxyl groups is 1. The van der Waals surface area contributed by atoms with Gasteiger partial charge in [0, 0.05) is 31.2 Å². The molecule has 1 aliphatic carbocycles. The van der Waals surface area contributed by atoms with E-state index < -0.39 is 5.79 Å². The first-order chi connectivity index (χ1) is 7.60. The van der Waals surface area contributed by atoms with Crippen LogP contribution in [0.3, 0.4) is 0 Å². The van der Waals surface area contributed by atoms with Gasteiger partial charge in [0.05, 0.1) is 7.11 Å². The van der Waals surface area contributed by atoms with Gasteiger partial charge in [-0.1, -0.05) is 5.57 Å². The van der Waals surface area contributed by atoms with E-state index in [-0.39, 0.29) is 6.04 Å². The minimum absolute atomic E-state index is 0.142. The molecule has 0 saturated heterocycles. The van der Waals surface area contributed by atoms with Gasteiger partial charge in [-0.2, -0.15) is 0 Å². The fourth-order valence-corrected chi connectivity index (χ4v) is 2.59. The highest BCUT2D eigenvalue weighted by Gasteiger charge is 2.40. The van der Waals surface area contributed by atoms with Crippen LogP contribution in [0.1, 0.15) is 19.8 Å². The Balaban J connectivity index is 2.41. The summed E-state index contributed by atoms with van der Waals surface area (Å²) < 4.78 is 10.5. The third-order valence-electron chi connectivity index (χ3n) is 3.39. The van der Waals surface area contributed by atoms with E-state index >= 15 is 0 Å². The SMILES string of the molecule is COC1=CC(O)(OC)C2=C(CCNC2C)C1. The van der Waals surface area contributed by atoms with Gasteiger partial charge >= 0.3 is 0 Å². The molecule has 0 bridgehead atoms. The van der Waals surface area contributed by atoms with Crippen molar-refractivity contribution in [3.8, 4) is 0 Å². The van der Waals surface area contributed by atoms with E-state index in [0.717, 1.165) is 30.7 Å². The van der Waals surface area contributed by atoms with Crippen LogP contribution in [0.5, 0.6) is 0 Å². The molecule has 0 aromatic rings. The Hall–Kier alpha value is -0.840. The van der Waals surface area contributed by atoms with Gasteiger partial charge < -0.3 is 19.9 Å². The number of hydrogen-bond donors (Lipinski definition) is 2. The Kier molecular flexibility index (Phi) is 3.06. The molecule has 16 heavy (non-hydrogen) atoms. The van der Waals surface area contributed by atoms with Crippen LogP contribution < -0.4 is 5.32 Å². The zero-order chi connectivity index (χ0) is 11.8. The first-order valence-corrected chi connectivity index (χ1v) is 5.59. The summed E-state index contributed by atoms with van der Waals surface area (Å²) in [5.41, 5.74) is 2.18. The van der Waals surface area contributed by atoms with E-state index in [9.17, 15) is 5.11 Å². The van der Waals surface area contributed by atoms with Gasteiger partial charge in [0.1, 0.15) is 5.76 Å². The molecule has 4 heteroatoms. The average molecular weight is 225 g/mol. The Labute approximate surface area is 95.9 Å². The first kappa shape index (κ1) is 11.6. The van der Waals surface area contributed by atoms with Gasteiger partial charge in [0.15, 0.2) is 0 Å². The quantitative estimate of drug-likeness (QED) is 0.542. The number of ether oxygens (including phenoxy) is 2. The molecular weight excluding hydrogens is 206 g/mol. The number of hydrogen-bond acceptors (Lipinski definition) is 4. The second-order valence-electron chi connectivity index (χ2n) is 4.34. The summed E-state index contributed by atoms with van der Waals surface area (Å²) in [6.07, 6.45) is 3.38. The number of methoxy groups -OCH3 is 2. The van der Waals surface area contributed by atoms with Crippen LogP contribution in [-0.4, -0.2) is 37.7 Å². The molecule has 4 nitrogen and oxygen atoms in total. The predicted octanol–water partition coefficient (Wildman–Crippen LogP) is 0.934. The molecule has 1 heterocycles. The largest absolute Gasteiger partial charge is 0.501 e. The van der Waals surface area contributed by atoms with Gasteiger partial charge in [-0.15, -0.1) is 0 Å². The fourth-order valence-electron chi connectivity index (χ4n) is 2.59. The van der Waals surface area contributed by atoms with Gasteiger partial charge in [-0.05, 0) is 19.9 Å². The van der Waals surface area contributed by atoms with Crippen LogP contribution in [0.4, 0.5) is 0 Å². The molecule has 2 N–H and O–H groups in total. The molecule has 2 atom stereocenters. The van der Waals surface area contributed by atoms with Crippen LogP contribution in [-0.2, 0) is 9.47 Å². The average Bonchev–Trinajstić information content (AvgIpc) is 2.28. The molecule has 2 aliphatic rings. The molecule has 1 aliphatic heterocycles. The summed E-state index contributed by atoms with van der Waals surface area (Å²) in [6, 6.07) is 0.142. The van der Waals surface area contributed by atoms with E-state index in [2.05, 4.69) is 5.32 Å². The standard InChI is InChI=1S/C12H19NO3/c1-8-11-9(4-5-13-8)6-10(15-2)7-12(11,14)16-3/h7-8,13-14H,4-6H2,1-3H3. The minimum Gasteiger partial charge on any atom is -0.501 e. The van der Waals surface area contributed by atoms with Gasteiger partial charge in [0.25, 0.3) is 0 Å². The monoisotopic (exact) mass is 225 g/mol. The molecule has 0 saturated carbocycles. The van der Waals surface area contributed by atoms with Crippen LogP contribution >= 0.6 is 0 Å². The van der Waals surface area contributed by atoms with E-state index in [1.165, 1.54) is 12.7 Å². The Morgan fingerprint density at radius 3 is 2.88 bits per heavy atom. The van der Waals surface area contributed by atoms with Crippen LogP contribution in [0.25, 0.3) is 0 Å². The molecule has 0 aromatic heterocycles. The van der Waals surface area contributed by atoms with Gasteiger partial charge in [0.2, 0.25) is 5.79 Å². The maximum Gasteiger partial charge on any atom is 0.213 e. The zero-order valence-electron chi connectivity index (χ0n) is 10.0. The summed E-state index contributed by atoms with van der Waals surface area (Å²) in [6.45, 7) is 2.99. The smallest absolute Gasteiger partial charge is 0.213 e. The van der Waals surface area contributed by atoms with Crippen molar-refractivity contribution in [1.29, 1.82) is 0 Å². The lowest BCUT2D eigenvalue weighted by molar-refractivity contribution is -0.124. The maximum absolute atomic E-state index is 10.5. The molecule has 0 radical (unpaired) electrons. The molecule has 2 unspecified atom stereocenters. The van der Waals surface area contributed by atoms with Crippen molar-refractivity contribution in [1.82, 2.24) is 5.32 Å². The summed E-state index contributed by atoms with van der Waals surface area (Å²) in [5, 5.41) is 13.8. The van der Waals surface area contributed by atoms with Crippen molar-refractivity contribution < 1.29 is 14.6 Å². The molecule has 2 rings (SSSR count). The maximum atomic E-state index is 10.5. The molecule has 90 valence electrons. The topological polar surface area (TPSA) is 50.7 Å². The Bertz CT molecular complexity index is 348. The van der Waals surface area contributed by atoms with E-state index in [1.807, 2.05) is 6.92 Å². The number of rotatable bonds is 2. The molecule has 0 fully saturated rings. The lowest BCUT2D eigenvalue weighted by Crippen LogP contribution is -2.47. The van der Waals surface area contributed by atoms with Crippen molar-refractivity contribution in [3.05, 3.63) is 23.0 Å². The highest BCUT2D eigenvalue weighted by atomic mass is 16.6. The minimum atomic E-state index is -1.31. The highest BCUT2D eigenvalue weighted by molar-refractivity contribution is 5.39. The van der Waals surface area contributed by atoms with Crippen molar-refractivity contribution in [3.63, 3.8) is 0 Å². The summed E-state index contributed by atoms with van der Waals surface area (Å²) in [4.78, 5) is 0. The number of nitrogens with one attached hydrogen (secondary N) is 1. The van der Waals surface area contributed by atoms with E-state index in [4.69, 9.17) is 9.47 Å². The fraction of sp³-hybridized carbons (Fsp3) is 0.667. The lowest BCUT2D eigenvalue weighted by Gasteiger charge is -2.39. The van der Waals surface area contributed by atoms with Crippen molar-refractivity contribution in [2.24, 2.45) is 0 Å². The second kappa shape index (κ2) is 4.20. The third kappa shape index (κ3) is 1.77. The summed E-state index contributed by atoms with van der Waals surface area (Å²) in [5.74, 6) is -0.539. The molecule has 0 amide bonds. The number of allylic oxidation sites excluding steroid dienone is 1. The lowest BCUT2D eigenvalue weighted by atomic mass is 9.83.